The number of rotatable bonds is 3. The van der Waals surface area contributed by atoms with Crippen molar-refractivity contribution in [3.63, 3.8) is 0 Å². The molecule has 0 aliphatic heterocycles. The number of nitrogens with one attached hydrogen (secondary N) is 1. The largest absolute Gasteiger partial charge is 0.370 e. The summed E-state index contributed by atoms with van der Waals surface area (Å²) >= 11 is 0. The third-order valence-electron chi connectivity index (χ3n) is 4.30. The number of aryl methyl sites for hydroxylation is 1. The Hall–Kier alpha value is -1.61. The first-order valence-corrected chi connectivity index (χ1v) is 7.58. The molecule has 1 saturated carbocycles. The lowest BCUT2D eigenvalue weighted by molar-refractivity contribution is 0.335. The van der Waals surface area contributed by atoms with E-state index in [-0.39, 0.29) is 0 Å². The van der Waals surface area contributed by atoms with Crippen LogP contribution in [0.15, 0.2) is 30.3 Å². The van der Waals surface area contributed by atoms with E-state index in [9.17, 15) is 0 Å². The number of anilines is 1. The van der Waals surface area contributed by atoms with Crippen LogP contribution in [0.1, 0.15) is 31.2 Å². The maximum atomic E-state index is 6.05. The highest BCUT2D eigenvalue weighted by Gasteiger charge is 2.19. The summed E-state index contributed by atoms with van der Waals surface area (Å²) in [4.78, 5) is 4.74. The van der Waals surface area contributed by atoms with Crippen LogP contribution in [0.2, 0.25) is 0 Å². The molecule has 1 aromatic carbocycles. The number of aromatic nitrogens is 1. The highest BCUT2D eigenvalue weighted by molar-refractivity contribution is 5.81. The molecule has 2 atom stereocenters. The van der Waals surface area contributed by atoms with Crippen molar-refractivity contribution in [3.8, 4) is 0 Å². The molecule has 3 rings (SSSR count). The van der Waals surface area contributed by atoms with Gasteiger partial charge in [0.25, 0.3) is 0 Å². The minimum absolute atomic E-state index is 0.390. The summed E-state index contributed by atoms with van der Waals surface area (Å²) in [5.74, 6) is 1.70. The molecule has 106 valence electrons. The SMILES string of the molecule is Cc1cc2ccccc2nc1NCC1CCCC(N)C1. The number of pyridine rings is 1. The van der Waals surface area contributed by atoms with Crippen LogP contribution < -0.4 is 11.1 Å². The number of benzene rings is 1. The molecular formula is C17H23N3. The Morgan fingerprint density at radius 2 is 2.15 bits per heavy atom. The summed E-state index contributed by atoms with van der Waals surface area (Å²) in [6.45, 7) is 3.11. The summed E-state index contributed by atoms with van der Waals surface area (Å²) in [6, 6.07) is 10.9. The molecule has 3 N–H and O–H groups in total. The second-order valence-electron chi connectivity index (χ2n) is 6.02. The number of nitrogens with zero attached hydrogens (tertiary/aromatic N) is 1. The molecule has 1 heterocycles. The first kappa shape index (κ1) is 13.4. The average molecular weight is 269 g/mol. The quantitative estimate of drug-likeness (QED) is 0.897. The van der Waals surface area contributed by atoms with Crippen molar-refractivity contribution in [2.45, 2.75) is 38.6 Å². The van der Waals surface area contributed by atoms with Crippen molar-refractivity contribution in [2.24, 2.45) is 11.7 Å². The lowest BCUT2D eigenvalue weighted by Crippen LogP contribution is -2.31. The van der Waals surface area contributed by atoms with Crippen LogP contribution in [0.3, 0.4) is 0 Å². The highest BCUT2D eigenvalue weighted by Crippen LogP contribution is 2.25. The highest BCUT2D eigenvalue weighted by atomic mass is 15.0. The molecule has 1 fully saturated rings. The van der Waals surface area contributed by atoms with E-state index in [1.807, 2.05) is 6.07 Å². The molecule has 2 unspecified atom stereocenters. The lowest BCUT2D eigenvalue weighted by Gasteiger charge is -2.27. The van der Waals surface area contributed by atoms with Crippen molar-refractivity contribution in [1.29, 1.82) is 0 Å². The second-order valence-corrected chi connectivity index (χ2v) is 6.02. The van der Waals surface area contributed by atoms with E-state index in [1.165, 1.54) is 30.2 Å². The summed E-state index contributed by atoms with van der Waals surface area (Å²) < 4.78 is 0. The summed E-state index contributed by atoms with van der Waals surface area (Å²) in [5, 5.41) is 4.73. The van der Waals surface area contributed by atoms with Crippen molar-refractivity contribution in [3.05, 3.63) is 35.9 Å². The van der Waals surface area contributed by atoms with Crippen molar-refractivity contribution in [2.75, 3.05) is 11.9 Å². The molecule has 0 spiro atoms. The Bertz CT molecular complexity index is 594. The molecular weight excluding hydrogens is 246 g/mol. The van der Waals surface area contributed by atoms with E-state index in [0.29, 0.717) is 12.0 Å². The van der Waals surface area contributed by atoms with Gasteiger partial charge >= 0.3 is 0 Å². The number of para-hydroxylation sites is 1. The van der Waals surface area contributed by atoms with Crippen LogP contribution in [-0.4, -0.2) is 17.6 Å². The van der Waals surface area contributed by atoms with Crippen LogP contribution in [0.4, 0.5) is 5.82 Å². The third-order valence-corrected chi connectivity index (χ3v) is 4.30. The molecule has 0 amide bonds. The minimum Gasteiger partial charge on any atom is -0.370 e. The molecule has 1 aliphatic rings. The van der Waals surface area contributed by atoms with Crippen molar-refractivity contribution in [1.82, 2.24) is 4.98 Å². The fraction of sp³-hybridized carbons (Fsp3) is 0.471. The van der Waals surface area contributed by atoms with Gasteiger partial charge in [-0.15, -0.1) is 0 Å². The zero-order valence-electron chi connectivity index (χ0n) is 12.1. The van der Waals surface area contributed by atoms with Crippen molar-refractivity contribution < 1.29 is 0 Å². The van der Waals surface area contributed by atoms with Gasteiger partial charge in [0.1, 0.15) is 5.82 Å². The van der Waals surface area contributed by atoms with E-state index in [4.69, 9.17) is 10.7 Å². The van der Waals surface area contributed by atoms with E-state index in [2.05, 4.69) is 36.5 Å². The Morgan fingerprint density at radius 1 is 1.30 bits per heavy atom. The third kappa shape index (κ3) is 2.93. The fourth-order valence-electron chi connectivity index (χ4n) is 3.16. The summed E-state index contributed by atoms with van der Waals surface area (Å²) in [7, 11) is 0. The van der Waals surface area contributed by atoms with Crippen LogP contribution in [0.25, 0.3) is 10.9 Å². The molecule has 3 heteroatoms. The zero-order chi connectivity index (χ0) is 13.9. The van der Waals surface area contributed by atoms with Crippen LogP contribution in [-0.2, 0) is 0 Å². The van der Waals surface area contributed by atoms with Gasteiger partial charge in [0.15, 0.2) is 0 Å². The average Bonchev–Trinajstić information content (AvgIpc) is 2.45. The molecule has 0 radical (unpaired) electrons. The predicted octanol–water partition coefficient (Wildman–Crippen LogP) is 3.47. The van der Waals surface area contributed by atoms with Crippen LogP contribution in [0.5, 0.6) is 0 Å². The molecule has 3 nitrogen and oxygen atoms in total. The van der Waals surface area contributed by atoms with Gasteiger partial charge in [0.2, 0.25) is 0 Å². The lowest BCUT2D eigenvalue weighted by atomic mass is 9.86. The molecule has 1 aliphatic carbocycles. The van der Waals surface area contributed by atoms with Gasteiger partial charge < -0.3 is 11.1 Å². The standard InChI is InChI=1S/C17H23N3/c1-12-9-14-6-2-3-8-16(14)20-17(12)19-11-13-5-4-7-15(18)10-13/h2-3,6,8-9,13,15H,4-5,7,10-11,18H2,1H3,(H,19,20). The molecule has 2 aromatic rings. The minimum atomic E-state index is 0.390. The van der Waals surface area contributed by atoms with E-state index < -0.39 is 0 Å². The molecule has 20 heavy (non-hydrogen) atoms. The van der Waals surface area contributed by atoms with E-state index in [0.717, 1.165) is 24.3 Å². The monoisotopic (exact) mass is 269 g/mol. The Balaban J connectivity index is 1.72. The normalized spacial score (nSPS) is 22.9. The second kappa shape index (κ2) is 5.80. The number of fused-ring (bicyclic) bond motifs is 1. The van der Waals surface area contributed by atoms with Gasteiger partial charge in [-0.3, -0.25) is 0 Å². The Kier molecular flexibility index (Phi) is 3.88. The smallest absolute Gasteiger partial charge is 0.129 e. The summed E-state index contributed by atoms with van der Waals surface area (Å²) in [5.41, 5.74) is 8.32. The van der Waals surface area contributed by atoms with E-state index in [1.54, 1.807) is 0 Å². The molecule has 1 aromatic heterocycles. The van der Waals surface area contributed by atoms with Crippen molar-refractivity contribution >= 4 is 16.7 Å². The van der Waals surface area contributed by atoms with Gasteiger partial charge in [0, 0.05) is 18.0 Å². The fourth-order valence-corrected chi connectivity index (χ4v) is 3.16. The van der Waals surface area contributed by atoms with Crippen LogP contribution in [0, 0.1) is 12.8 Å². The molecule has 0 saturated heterocycles. The predicted molar refractivity (Wildman–Crippen MR) is 84.9 cm³/mol. The summed E-state index contributed by atoms with van der Waals surface area (Å²) in [6.07, 6.45) is 4.87. The number of hydrogen-bond donors (Lipinski definition) is 2. The van der Waals surface area contributed by atoms with Gasteiger partial charge in [-0.05, 0) is 49.8 Å². The van der Waals surface area contributed by atoms with E-state index >= 15 is 0 Å². The van der Waals surface area contributed by atoms with Crippen LogP contribution >= 0.6 is 0 Å². The van der Waals surface area contributed by atoms with Gasteiger partial charge in [0.05, 0.1) is 5.52 Å². The number of nitrogens with two attached hydrogens (primary N) is 1. The first-order chi connectivity index (χ1) is 9.72. The zero-order valence-corrected chi connectivity index (χ0v) is 12.1. The Morgan fingerprint density at radius 3 is 3.00 bits per heavy atom. The Labute approximate surface area is 120 Å². The maximum Gasteiger partial charge on any atom is 0.129 e. The first-order valence-electron chi connectivity index (χ1n) is 7.58. The van der Waals surface area contributed by atoms with Gasteiger partial charge in [-0.2, -0.15) is 0 Å². The number of hydrogen-bond acceptors (Lipinski definition) is 3. The topological polar surface area (TPSA) is 50.9 Å². The maximum absolute atomic E-state index is 6.05. The molecule has 0 bridgehead atoms. The van der Waals surface area contributed by atoms with Gasteiger partial charge in [-0.1, -0.05) is 24.6 Å². The van der Waals surface area contributed by atoms with Gasteiger partial charge in [-0.25, -0.2) is 4.98 Å².